The maximum atomic E-state index is 12.4. The van der Waals surface area contributed by atoms with E-state index in [2.05, 4.69) is 9.64 Å². The van der Waals surface area contributed by atoms with Crippen molar-refractivity contribution >= 4 is 0 Å². The first kappa shape index (κ1) is 14.9. The quantitative estimate of drug-likeness (QED) is 0.831. The van der Waals surface area contributed by atoms with Gasteiger partial charge in [0.05, 0.1) is 6.04 Å². The van der Waals surface area contributed by atoms with Crippen molar-refractivity contribution < 1.29 is 17.9 Å². The molecule has 1 aliphatic rings. The molecule has 116 valence electrons. The van der Waals surface area contributed by atoms with Crippen molar-refractivity contribution in [3.05, 3.63) is 65.7 Å². The molecule has 1 aliphatic heterocycles. The highest BCUT2D eigenvalue weighted by Gasteiger charge is 2.32. The van der Waals surface area contributed by atoms with Crippen LogP contribution in [-0.4, -0.2) is 24.4 Å². The van der Waals surface area contributed by atoms with Crippen LogP contribution in [0.3, 0.4) is 0 Å². The summed E-state index contributed by atoms with van der Waals surface area (Å²) in [5.74, 6) is -0.175. The number of benzene rings is 2. The molecule has 0 bridgehead atoms. The molecule has 0 radical (unpaired) electrons. The number of alkyl halides is 3. The fourth-order valence-electron chi connectivity index (χ4n) is 2.73. The highest BCUT2D eigenvalue weighted by molar-refractivity contribution is 5.37. The zero-order valence-electron chi connectivity index (χ0n) is 11.9. The van der Waals surface area contributed by atoms with Crippen molar-refractivity contribution in [3.8, 4) is 5.75 Å². The van der Waals surface area contributed by atoms with Gasteiger partial charge in [-0.05, 0) is 29.7 Å². The average molecular weight is 307 g/mol. The van der Waals surface area contributed by atoms with Crippen LogP contribution in [-0.2, 0) is 0 Å². The molecule has 0 N–H and O–H groups in total. The van der Waals surface area contributed by atoms with Gasteiger partial charge in [0, 0.05) is 13.1 Å². The Balaban J connectivity index is 1.93. The lowest BCUT2D eigenvalue weighted by molar-refractivity contribution is -0.274. The molecule has 2 aromatic carbocycles. The molecule has 0 saturated carbocycles. The van der Waals surface area contributed by atoms with Gasteiger partial charge in [-0.2, -0.15) is 0 Å². The van der Waals surface area contributed by atoms with Crippen LogP contribution < -0.4 is 4.74 Å². The van der Waals surface area contributed by atoms with Gasteiger partial charge < -0.3 is 4.74 Å². The summed E-state index contributed by atoms with van der Waals surface area (Å²) in [6.07, 6.45) is -3.56. The third-order valence-electron chi connectivity index (χ3n) is 3.78. The monoisotopic (exact) mass is 307 g/mol. The zero-order chi connectivity index (χ0) is 15.6. The fourth-order valence-corrected chi connectivity index (χ4v) is 2.73. The summed E-state index contributed by atoms with van der Waals surface area (Å²) in [6.45, 7) is 1.90. The third kappa shape index (κ3) is 3.42. The summed E-state index contributed by atoms with van der Waals surface area (Å²) < 4.78 is 41.2. The predicted molar refractivity (Wildman–Crippen MR) is 77.6 cm³/mol. The molecular weight excluding hydrogens is 291 g/mol. The Morgan fingerprint density at radius 2 is 1.59 bits per heavy atom. The molecule has 0 aromatic heterocycles. The highest BCUT2D eigenvalue weighted by atomic mass is 19.4. The molecule has 22 heavy (non-hydrogen) atoms. The first-order valence-corrected chi connectivity index (χ1v) is 7.18. The van der Waals surface area contributed by atoms with E-state index in [0.29, 0.717) is 0 Å². The second-order valence-corrected chi connectivity index (χ2v) is 5.32. The first-order valence-electron chi connectivity index (χ1n) is 7.18. The van der Waals surface area contributed by atoms with Gasteiger partial charge in [0.2, 0.25) is 0 Å². The van der Waals surface area contributed by atoms with Crippen LogP contribution in [0.1, 0.15) is 23.6 Å². The number of hydrogen-bond donors (Lipinski definition) is 0. The second kappa shape index (κ2) is 6.01. The van der Waals surface area contributed by atoms with Crippen molar-refractivity contribution in [2.75, 3.05) is 13.1 Å². The van der Waals surface area contributed by atoms with E-state index in [4.69, 9.17) is 0 Å². The minimum atomic E-state index is -4.67. The Kier molecular flexibility index (Phi) is 4.07. The normalized spacial score (nSPS) is 16.9. The summed E-state index contributed by atoms with van der Waals surface area (Å²) in [4.78, 5) is 2.25. The number of halogens is 3. The molecule has 2 aromatic rings. The minimum absolute atomic E-state index is 0.0354. The lowest BCUT2D eigenvalue weighted by Gasteiger charge is -2.39. The van der Waals surface area contributed by atoms with E-state index in [1.165, 1.54) is 12.1 Å². The van der Waals surface area contributed by atoms with Crippen LogP contribution in [0.5, 0.6) is 5.75 Å². The zero-order valence-corrected chi connectivity index (χ0v) is 11.9. The maximum Gasteiger partial charge on any atom is 0.573 e. The van der Waals surface area contributed by atoms with Gasteiger partial charge in [0.15, 0.2) is 0 Å². The Labute approximate surface area is 127 Å². The molecule has 1 unspecified atom stereocenters. The van der Waals surface area contributed by atoms with Gasteiger partial charge in [0.25, 0.3) is 0 Å². The van der Waals surface area contributed by atoms with Crippen LogP contribution in [0.4, 0.5) is 13.2 Å². The summed E-state index contributed by atoms with van der Waals surface area (Å²) in [6, 6.07) is 16.0. The Bertz CT molecular complexity index is 623. The van der Waals surface area contributed by atoms with Crippen molar-refractivity contribution in [1.82, 2.24) is 4.90 Å². The second-order valence-electron chi connectivity index (χ2n) is 5.32. The largest absolute Gasteiger partial charge is 0.573 e. The average Bonchev–Trinajstić information content (AvgIpc) is 2.42. The topological polar surface area (TPSA) is 12.5 Å². The third-order valence-corrected chi connectivity index (χ3v) is 3.78. The van der Waals surface area contributed by atoms with E-state index in [9.17, 15) is 13.2 Å². The predicted octanol–water partition coefficient (Wildman–Crippen LogP) is 4.38. The molecule has 1 saturated heterocycles. The number of nitrogens with zero attached hydrogens (tertiary/aromatic N) is 1. The number of likely N-dealkylation sites (tertiary alicyclic amines) is 1. The Hall–Kier alpha value is -2.01. The number of ether oxygens (including phenoxy) is 1. The first-order chi connectivity index (χ1) is 10.5. The van der Waals surface area contributed by atoms with Gasteiger partial charge in [-0.3, -0.25) is 4.90 Å². The summed E-state index contributed by atoms with van der Waals surface area (Å²) >= 11 is 0. The van der Waals surface area contributed by atoms with Gasteiger partial charge >= 0.3 is 6.36 Å². The molecule has 1 atom stereocenters. The summed E-state index contributed by atoms with van der Waals surface area (Å²) in [5, 5.41) is 0. The molecule has 0 aliphatic carbocycles. The molecule has 1 heterocycles. The molecule has 0 spiro atoms. The number of hydrogen-bond acceptors (Lipinski definition) is 2. The Morgan fingerprint density at radius 1 is 0.909 bits per heavy atom. The van der Waals surface area contributed by atoms with Crippen LogP contribution in [0.15, 0.2) is 54.6 Å². The van der Waals surface area contributed by atoms with E-state index in [-0.39, 0.29) is 11.8 Å². The standard InChI is InChI=1S/C17H16F3NO/c18-17(19,20)22-15-9-4-8-14(12-15)16(21-10-5-11-21)13-6-2-1-3-7-13/h1-4,6-9,12,16H,5,10-11H2. The van der Waals surface area contributed by atoms with E-state index < -0.39 is 6.36 Å². The van der Waals surface area contributed by atoms with E-state index in [0.717, 1.165) is 30.6 Å². The van der Waals surface area contributed by atoms with Crippen LogP contribution >= 0.6 is 0 Å². The van der Waals surface area contributed by atoms with Gasteiger partial charge in [0.1, 0.15) is 5.75 Å². The van der Waals surface area contributed by atoms with Crippen molar-refractivity contribution in [1.29, 1.82) is 0 Å². The molecule has 5 heteroatoms. The molecule has 1 fully saturated rings. The molecular formula is C17H16F3NO. The fraction of sp³-hybridized carbons (Fsp3) is 0.294. The lowest BCUT2D eigenvalue weighted by atomic mass is 9.94. The van der Waals surface area contributed by atoms with Crippen LogP contribution in [0.25, 0.3) is 0 Å². The summed E-state index contributed by atoms with van der Waals surface area (Å²) in [7, 11) is 0. The van der Waals surface area contributed by atoms with Crippen LogP contribution in [0.2, 0.25) is 0 Å². The van der Waals surface area contributed by atoms with E-state index >= 15 is 0 Å². The number of rotatable bonds is 4. The van der Waals surface area contributed by atoms with Crippen molar-refractivity contribution in [2.24, 2.45) is 0 Å². The van der Waals surface area contributed by atoms with Gasteiger partial charge in [-0.1, -0.05) is 42.5 Å². The van der Waals surface area contributed by atoms with E-state index in [1.54, 1.807) is 6.07 Å². The smallest absolute Gasteiger partial charge is 0.406 e. The minimum Gasteiger partial charge on any atom is -0.406 e. The lowest BCUT2D eigenvalue weighted by Crippen LogP contribution is -2.40. The molecule has 0 amide bonds. The Morgan fingerprint density at radius 3 is 2.18 bits per heavy atom. The van der Waals surface area contributed by atoms with Gasteiger partial charge in [-0.25, -0.2) is 0 Å². The van der Waals surface area contributed by atoms with Crippen molar-refractivity contribution in [2.45, 2.75) is 18.8 Å². The molecule has 3 rings (SSSR count). The maximum absolute atomic E-state index is 12.4. The highest BCUT2D eigenvalue weighted by Crippen LogP contribution is 2.34. The van der Waals surface area contributed by atoms with Crippen LogP contribution in [0, 0.1) is 0 Å². The summed E-state index contributed by atoms with van der Waals surface area (Å²) in [5.41, 5.74) is 1.89. The van der Waals surface area contributed by atoms with Crippen molar-refractivity contribution in [3.63, 3.8) is 0 Å². The van der Waals surface area contributed by atoms with Gasteiger partial charge in [-0.15, -0.1) is 13.2 Å². The SMILES string of the molecule is FC(F)(F)Oc1cccc(C(c2ccccc2)N2CCC2)c1. The van der Waals surface area contributed by atoms with E-state index in [1.807, 2.05) is 36.4 Å². The molecule has 2 nitrogen and oxygen atoms in total.